The third-order valence-electron chi connectivity index (χ3n) is 3.29. The van der Waals surface area contributed by atoms with Gasteiger partial charge >= 0.3 is 0 Å². The Kier molecular flexibility index (Phi) is 3.73. The van der Waals surface area contributed by atoms with Crippen molar-refractivity contribution in [1.29, 1.82) is 0 Å². The van der Waals surface area contributed by atoms with Gasteiger partial charge in [0, 0.05) is 12.0 Å². The van der Waals surface area contributed by atoms with Gasteiger partial charge in [-0.2, -0.15) is 0 Å². The minimum Gasteiger partial charge on any atom is -0.330 e. The summed E-state index contributed by atoms with van der Waals surface area (Å²) in [6.45, 7) is 0.440. The lowest BCUT2D eigenvalue weighted by atomic mass is 9.97. The van der Waals surface area contributed by atoms with Gasteiger partial charge in [-0.15, -0.1) is 0 Å². The zero-order valence-corrected chi connectivity index (χ0v) is 9.67. The summed E-state index contributed by atoms with van der Waals surface area (Å²) in [4.78, 5) is 11.7. The number of carbonyl (C=O) groups excluding carboxylic acids is 1. The van der Waals surface area contributed by atoms with Crippen LogP contribution in [0.3, 0.4) is 0 Å². The number of hydrogen-bond acceptors (Lipinski definition) is 2. The largest absolute Gasteiger partial charge is 0.330 e. The van der Waals surface area contributed by atoms with E-state index in [2.05, 4.69) is 12.1 Å². The predicted molar refractivity (Wildman–Crippen MR) is 65.7 cm³/mol. The summed E-state index contributed by atoms with van der Waals surface area (Å²) in [6, 6.07) is 6.17. The molecule has 0 spiro atoms. The minimum atomic E-state index is 0.176. The highest BCUT2D eigenvalue weighted by Crippen LogP contribution is 2.22. The van der Waals surface area contributed by atoms with Crippen LogP contribution in [0.25, 0.3) is 0 Å². The molecular formula is C14H19NO. The number of ketones is 1. The van der Waals surface area contributed by atoms with E-state index in [1.807, 2.05) is 6.07 Å². The molecule has 0 radical (unpaired) electrons. The van der Waals surface area contributed by atoms with E-state index in [1.54, 1.807) is 0 Å². The number of rotatable bonds is 3. The third-order valence-corrected chi connectivity index (χ3v) is 3.29. The van der Waals surface area contributed by atoms with Gasteiger partial charge in [-0.25, -0.2) is 0 Å². The maximum absolute atomic E-state index is 11.7. The second-order valence-corrected chi connectivity index (χ2v) is 4.51. The molecule has 86 valence electrons. The maximum atomic E-state index is 11.7. The van der Waals surface area contributed by atoms with Crippen LogP contribution < -0.4 is 5.73 Å². The van der Waals surface area contributed by atoms with Crippen molar-refractivity contribution in [2.24, 2.45) is 5.73 Å². The van der Waals surface area contributed by atoms with E-state index in [1.165, 1.54) is 36.8 Å². The number of aryl methyl sites for hydroxylation is 2. The second kappa shape index (κ2) is 5.26. The van der Waals surface area contributed by atoms with Gasteiger partial charge in [0.05, 0.1) is 0 Å². The number of hydrogen-bond donors (Lipinski definition) is 1. The molecule has 16 heavy (non-hydrogen) atoms. The van der Waals surface area contributed by atoms with Crippen molar-refractivity contribution in [3.05, 3.63) is 34.9 Å². The standard InChI is InChI=1S/C14H19NO/c15-9-8-14(16)13-7-6-11-4-2-1-3-5-12(11)10-13/h6-7,10H,1-5,8-9,15H2. The summed E-state index contributed by atoms with van der Waals surface area (Å²) in [7, 11) is 0. The van der Waals surface area contributed by atoms with E-state index in [4.69, 9.17) is 5.73 Å². The van der Waals surface area contributed by atoms with Crippen molar-refractivity contribution < 1.29 is 4.79 Å². The molecule has 0 saturated carbocycles. The molecule has 1 aliphatic carbocycles. The first kappa shape index (κ1) is 11.3. The lowest BCUT2D eigenvalue weighted by Crippen LogP contribution is -2.08. The minimum absolute atomic E-state index is 0.176. The third kappa shape index (κ3) is 2.50. The van der Waals surface area contributed by atoms with E-state index < -0.39 is 0 Å². The van der Waals surface area contributed by atoms with Crippen LogP contribution >= 0.6 is 0 Å². The van der Waals surface area contributed by atoms with Crippen LogP contribution in [0.15, 0.2) is 18.2 Å². The fourth-order valence-corrected chi connectivity index (χ4v) is 2.36. The van der Waals surface area contributed by atoms with Crippen LogP contribution in [-0.2, 0) is 12.8 Å². The van der Waals surface area contributed by atoms with Crippen molar-refractivity contribution in [3.8, 4) is 0 Å². The average molecular weight is 217 g/mol. The van der Waals surface area contributed by atoms with Gasteiger partial charge in [0.2, 0.25) is 0 Å². The van der Waals surface area contributed by atoms with Crippen molar-refractivity contribution in [1.82, 2.24) is 0 Å². The van der Waals surface area contributed by atoms with Crippen molar-refractivity contribution in [2.75, 3.05) is 6.54 Å². The first-order valence-electron chi connectivity index (χ1n) is 6.16. The van der Waals surface area contributed by atoms with Crippen molar-refractivity contribution in [3.63, 3.8) is 0 Å². The summed E-state index contributed by atoms with van der Waals surface area (Å²) < 4.78 is 0. The maximum Gasteiger partial charge on any atom is 0.164 e. The van der Waals surface area contributed by atoms with E-state index >= 15 is 0 Å². The Hall–Kier alpha value is -1.15. The monoisotopic (exact) mass is 217 g/mol. The number of fused-ring (bicyclic) bond motifs is 1. The predicted octanol–water partition coefficient (Wildman–Crippen LogP) is 2.49. The van der Waals surface area contributed by atoms with Gasteiger partial charge in [0.15, 0.2) is 5.78 Å². The van der Waals surface area contributed by atoms with Gasteiger partial charge in [-0.05, 0) is 49.4 Å². The van der Waals surface area contributed by atoms with Crippen LogP contribution in [0.1, 0.15) is 47.2 Å². The Morgan fingerprint density at radius 3 is 2.62 bits per heavy atom. The molecule has 2 nitrogen and oxygen atoms in total. The Labute approximate surface area is 96.8 Å². The van der Waals surface area contributed by atoms with E-state index in [9.17, 15) is 4.79 Å². The molecular weight excluding hydrogens is 198 g/mol. The Morgan fingerprint density at radius 2 is 1.88 bits per heavy atom. The normalized spacial score (nSPS) is 15.3. The van der Waals surface area contributed by atoms with Gasteiger partial charge in [-0.3, -0.25) is 4.79 Å². The first-order valence-corrected chi connectivity index (χ1v) is 6.16. The summed E-state index contributed by atoms with van der Waals surface area (Å²) in [6.07, 6.45) is 6.59. The Balaban J connectivity index is 2.23. The summed E-state index contributed by atoms with van der Waals surface area (Å²) >= 11 is 0. The van der Waals surface area contributed by atoms with Crippen molar-refractivity contribution >= 4 is 5.78 Å². The fraction of sp³-hybridized carbons (Fsp3) is 0.500. The molecule has 1 aromatic rings. The molecule has 0 amide bonds. The first-order chi connectivity index (χ1) is 7.81. The van der Waals surface area contributed by atoms with Gasteiger partial charge in [0.1, 0.15) is 0 Å². The molecule has 0 heterocycles. The quantitative estimate of drug-likeness (QED) is 0.624. The van der Waals surface area contributed by atoms with E-state index in [-0.39, 0.29) is 5.78 Å². The topological polar surface area (TPSA) is 43.1 Å². The molecule has 1 aromatic carbocycles. The molecule has 2 N–H and O–H groups in total. The van der Waals surface area contributed by atoms with Gasteiger partial charge < -0.3 is 5.73 Å². The number of nitrogens with two attached hydrogens (primary N) is 1. The summed E-state index contributed by atoms with van der Waals surface area (Å²) in [5.74, 6) is 0.176. The molecule has 0 unspecified atom stereocenters. The molecule has 0 bridgehead atoms. The molecule has 0 saturated heterocycles. The fourth-order valence-electron chi connectivity index (χ4n) is 2.36. The molecule has 2 heteroatoms. The Bertz CT molecular complexity index is 384. The molecule has 0 atom stereocenters. The second-order valence-electron chi connectivity index (χ2n) is 4.51. The SMILES string of the molecule is NCCC(=O)c1ccc2c(c1)CCCCC2. The van der Waals surface area contributed by atoms with Gasteiger partial charge in [0.25, 0.3) is 0 Å². The molecule has 0 aromatic heterocycles. The van der Waals surface area contributed by atoms with Crippen LogP contribution in [0, 0.1) is 0 Å². The molecule has 0 aliphatic heterocycles. The zero-order valence-electron chi connectivity index (χ0n) is 9.67. The highest BCUT2D eigenvalue weighted by Gasteiger charge is 2.11. The van der Waals surface area contributed by atoms with E-state index in [0.29, 0.717) is 13.0 Å². The number of Topliss-reactive ketones (excluding diaryl/α,β-unsaturated/α-hetero) is 1. The Morgan fingerprint density at radius 1 is 1.12 bits per heavy atom. The summed E-state index contributed by atoms with van der Waals surface area (Å²) in [5, 5.41) is 0. The highest BCUT2D eigenvalue weighted by molar-refractivity contribution is 5.96. The zero-order chi connectivity index (χ0) is 11.4. The van der Waals surface area contributed by atoms with Crippen LogP contribution in [0.5, 0.6) is 0 Å². The lowest BCUT2D eigenvalue weighted by Gasteiger charge is -2.07. The average Bonchev–Trinajstić information content (AvgIpc) is 2.53. The number of benzene rings is 1. The van der Waals surface area contributed by atoms with Gasteiger partial charge in [-0.1, -0.05) is 18.6 Å². The number of carbonyl (C=O) groups is 1. The smallest absolute Gasteiger partial charge is 0.164 e. The lowest BCUT2D eigenvalue weighted by molar-refractivity contribution is 0.0985. The molecule has 0 fully saturated rings. The van der Waals surface area contributed by atoms with Crippen LogP contribution in [0.2, 0.25) is 0 Å². The molecule has 1 aliphatic rings. The summed E-state index contributed by atoms with van der Waals surface area (Å²) in [5.41, 5.74) is 9.06. The van der Waals surface area contributed by atoms with Crippen molar-refractivity contribution in [2.45, 2.75) is 38.5 Å². The van der Waals surface area contributed by atoms with Crippen LogP contribution in [0.4, 0.5) is 0 Å². The highest BCUT2D eigenvalue weighted by atomic mass is 16.1. The van der Waals surface area contributed by atoms with E-state index in [0.717, 1.165) is 12.0 Å². The molecule has 2 rings (SSSR count). The van der Waals surface area contributed by atoms with Crippen LogP contribution in [-0.4, -0.2) is 12.3 Å².